The van der Waals surface area contributed by atoms with Gasteiger partial charge in [-0.05, 0) is 39.0 Å². The van der Waals surface area contributed by atoms with Crippen LogP contribution in [-0.2, 0) is 6.42 Å². The molecule has 112 valence electrons. The highest BCUT2D eigenvalue weighted by Crippen LogP contribution is 2.29. The Morgan fingerprint density at radius 2 is 1.85 bits per heavy atom. The summed E-state index contributed by atoms with van der Waals surface area (Å²) in [6.07, 6.45) is 9.46. The highest BCUT2D eigenvalue weighted by atomic mass is 15.1. The topological polar surface area (TPSA) is 49.8 Å². The maximum atomic E-state index is 4.47. The van der Waals surface area contributed by atoms with Crippen molar-refractivity contribution >= 4 is 11.6 Å². The molecule has 0 spiro atoms. The molecule has 1 aromatic heterocycles. The minimum atomic E-state index is 0.491. The van der Waals surface area contributed by atoms with Crippen LogP contribution in [0.1, 0.15) is 58.4 Å². The lowest BCUT2D eigenvalue weighted by molar-refractivity contribution is 0.328. The molecule has 4 nitrogen and oxygen atoms in total. The van der Waals surface area contributed by atoms with Crippen molar-refractivity contribution in [2.75, 3.05) is 17.2 Å². The van der Waals surface area contributed by atoms with Gasteiger partial charge in [0.2, 0.25) is 0 Å². The zero-order valence-electron chi connectivity index (χ0n) is 13.1. The third kappa shape index (κ3) is 3.62. The van der Waals surface area contributed by atoms with Gasteiger partial charge in [-0.2, -0.15) is 0 Å². The fourth-order valence-electron chi connectivity index (χ4n) is 3.16. The molecule has 0 aliphatic heterocycles. The van der Waals surface area contributed by atoms with E-state index in [2.05, 4.69) is 41.4 Å². The van der Waals surface area contributed by atoms with E-state index < -0.39 is 0 Å². The normalized spacial score (nSPS) is 17.8. The van der Waals surface area contributed by atoms with Crippen molar-refractivity contribution in [1.82, 2.24) is 9.97 Å². The van der Waals surface area contributed by atoms with Crippen LogP contribution in [0.25, 0.3) is 0 Å². The summed E-state index contributed by atoms with van der Waals surface area (Å²) >= 11 is 0. The summed E-state index contributed by atoms with van der Waals surface area (Å²) in [6, 6.07) is 0.491. The summed E-state index contributed by atoms with van der Waals surface area (Å²) in [4.78, 5) is 8.82. The van der Waals surface area contributed by atoms with E-state index in [1.165, 1.54) is 37.7 Å². The van der Waals surface area contributed by atoms with E-state index in [1.807, 2.05) is 0 Å². The summed E-state index contributed by atoms with van der Waals surface area (Å²) in [7, 11) is 0. The second kappa shape index (κ2) is 7.46. The molecule has 20 heavy (non-hydrogen) atoms. The summed E-state index contributed by atoms with van der Waals surface area (Å²) in [5.74, 6) is 2.77. The molecule has 0 amide bonds. The van der Waals surface area contributed by atoms with Crippen LogP contribution in [0, 0.1) is 5.92 Å². The fourth-order valence-corrected chi connectivity index (χ4v) is 3.16. The van der Waals surface area contributed by atoms with Crippen LogP contribution in [-0.4, -0.2) is 22.6 Å². The summed E-state index contributed by atoms with van der Waals surface area (Å²) in [6.45, 7) is 7.45. The van der Waals surface area contributed by atoms with Crippen LogP contribution < -0.4 is 10.6 Å². The van der Waals surface area contributed by atoms with E-state index in [1.54, 1.807) is 6.33 Å². The number of rotatable bonds is 6. The van der Waals surface area contributed by atoms with E-state index in [0.29, 0.717) is 6.04 Å². The Bertz CT molecular complexity index is 413. The van der Waals surface area contributed by atoms with Crippen LogP contribution in [0.5, 0.6) is 0 Å². The molecule has 1 aliphatic rings. The molecule has 0 radical (unpaired) electrons. The van der Waals surface area contributed by atoms with Gasteiger partial charge in [-0.3, -0.25) is 0 Å². The molecular weight excluding hydrogens is 248 g/mol. The van der Waals surface area contributed by atoms with Gasteiger partial charge < -0.3 is 10.6 Å². The van der Waals surface area contributed by atoms with Crippen molar-refractivity contribution in [2.45, 2.75) is 65.3 Å². The Hall–Kier alpha value is -1.32. The average Bonchev–Trinajstić information content (AvgIpc) is 2.49. The van der Waals surface area contributed by atoms with Gasteiger partial charge in [0.25, 0.3) is 0 Å². The molecule has 2 N–H and O–H groups in total. The third-order valence-corrected chi connectivity index (χ3v) is 4.36. The second-order valence-electron chi connectivity index (χ2n) is 5.76. The first-order valence-electron chi connectivity index (χ1n) is 8.10. The predicted octanol–water partition coefficient (Wildman–Crippen LogP) is 3.85. The van der Waals surface area contributed by atoms with E-state index in [4.69, 9.17) is 0 Å². The minimum Gasteiger partial charge on any atom is -0.370 e. The van der Waals surface area contributed by atoms with Crippen LogP contribution >= 0.6 is 0 Å². The zero-order valence-corrected chi connectivity index (χ0v) is 13.1. The van der Waals surface area contributed by atoms with Crippen molar-refractivity contribution in [1.29, 1.82) is 0 Å². The van der Waals surface area contributed by atoms with Gasteiger partial charge in [0, 0.05) is 18.2 Å². The van der Waals surface area contributed by atoms with Gasteiger partial charge in [0.15, 0.2) is 0 Å². The van der Waals surface area contributed by atoms with Crippen molar-refractivity contribution in [3.63, 3.8) is 0 Å². The van der Waals surface area contributed by atoms with Crippen LogP contribution in [0.3, 0.4) is 0 Å². The molecule has 1 heterocycles. The monoisotopic (exact) mass is 276 g/mol. The average molecular weight is 276 g/mol. The Morgan fingerprint density at radius 3 is 2.50 bits per heavy atom. The zero-order chi connectivity index (χ0) is 14.4. The number of hydrogen-bond donors (Lipinski definition) is 2. The largest absolute Gasteiger partial charge is 0.370 e. The lowest BCUT2D eigenvalue weighted by atomic mass is 9.84. The Balaban J connectivity index is 2.09. The van der Waals surface area contributed by atoms with Crippen LogP contribution in [0.15, 0.2) is 6.33 Å². The van der Waals surface area contributed by atoms with Gasteiger partial charge >= 0.3 is 0 Å². The van der Waals surface area contributed by atoms with Crippen LogP contribution in [0.4, 0.5) is 11.6 Å². The van der Waals surface area contributed by atoms with Gasteiger partial charge in [-0.15, -0.1) is 0 Å². The molecule has 1 saturated carbocycles. The molecule has 1 fully saturated rings. The maximum Gasteiger partial charge on any atom is 0.134 e. The van der Waals surface area contributed by atoms with Crippen molar-refractivity contribution in [3.05, 3.63) is 11.9 Å². The molecule has 1 atom stereocenters. The minimum absolute atomic E-state index is 0.491. The molecule has 4 heteroatoms. The number of hydrogen-bond acceptors (Lipinski definition) is 4. The molecule has 2 rings (SSSR count). The molecule has 1 aromatic rings. The van der Waals surface area contributed by atoms with Crippen molar-refractivity contribution < 1.29 is 0 Å². The lowest BCUT2D eigenvalue weighted by Gasteiger charge is -2.29. The highest BCUT2D eigenvalue weighted by Gasteiger charge is 2.21. The van der Waals surface area contributed by atoms with Crippen molar-refractivity contribution in [3.8, 4) is 0 Å². The van der Waals surface area contributed by atoms with Crippen LogP contribution in [0.2, 0.25) is 0 Å². The van der Waals surface area contributed by atoms with E-state index in [0.717, 1.165) is 30.5 Å². The van der Waals surface area contributed by atoms with E-state index in [-0.39, 0.29) is 0 Å². The molecule has 0 aromatic carbocycles. The second-order valence-corrected chi connectivity index (χ2v) is 5.76. The molecule has 0 saturated heterocycles. The van der Waals surface area contributed by atoms with E-state index in [9.17, 15) is 0 Å². The smallest absolute Gasteiger partial charge is 0.134 e. The number of anilines is 2. The SMILES string of the molecule is CCNc1ncnc(NC(C)C2CCCCC2)c1CC. The highest BCUT2D eigenvalue weighted by molar-refractivity contribution is 5.57. The maximum absolute atomic E-state index is 4.47. The standard InChI is InChI=1S/C16H28N4/c1-4-14-15(17-5-2)18-11-19-16(14)20-12(3)13-9-7-6-8-10-13/h11-13H,4-10H2,1-3H3,(H2,17,18,19,20). The van der Waals surface area contributed by atoms with Gasteiger partial charge in [0.1, 0.15) is 18.0 Å². The Kier molecular flexibility index (Phi) is 5.62. The molecular formula is C16H28N4. The van der Waals surface area contributed by atoms with Gasteiger partial charge in [-0.25, -0.2) is 9.97 Å². The van der Waals surface area contributed by atoms with Gasteiger partial charge in [0.05, 0.1) is 0 Å². The quantitative estimate of drug-likeness (QED) is 0.828. The number of aromatic nitrogens is 2. The first kappa shape index (κ1) is 15.1. The van der Waals surface area contributed by atoms with Crippen molar-refractivity contribution in [2.24, 2.45) is 5.92 Å². The fraction of sp³-hybridized carbons (Fsp3) is 0.750. The van der Waals surface area contributed by atoms with Gasteiger partial charge in [-0.1, -0.05) is 26.2 Å². The molecule has 0 bridgehead atoms. The van der Waals surface area contributed by atoms with E-state index >= 15 is 0 Å². The first-order chi connectivity index (χ1) is 9.76. The Labute approximate surface area is 122 Å². The lowest BCUT2D eigenvalue weighted by Crippen LogP contribution is -2.28. The summed E-state index contributed by atoms with van der Waals surface area (Å²) in [5, 5.41) is 6.97. The first-order valence-corrected chi connectivity index (χ1v) is 8.10. The molecule has 1 unspecified atom stereocenters. The number of nitrogens with one attached hydrogen (secondary N) is 2. The summed E-state index contributed by atoms with van der Waals surface area (Å²) < 4.78 is 0. The number of nitrogens with zero attached hydrogens (tertiary/aromatic N) is 2. The third-order valence-electron chi connectivity index (χ3n) is 4.36. The molecule has 1 aliphatic carbocycles. The predicted molar refractivity (Wildman–Crippen MR) is 85.2 cm³/mol. The Morgan fingerprint density at radius 1 is 1.15 bits per heavy atom. The summed E-state index contributed by atoms with van der Waals surface area (Å²) in [5.41, 5.74) is 1.21.